The van der Waals surface area contributed by atoms with Gasteiger partial charge in [-0.2, -0.15) is 0 Å². The van der Waals surface area contributed by atoms with Crippen LogP contribution in [0.1, 0.15) is 44.6 Å². The van der Waals surface area contributed by atoms with E-state index in [1.54, 1.807) is 0 Å². The van der Waals surface area contributed by atoms with E-state index in [4.69, 9.17) is 5.73 Å². The minimum Gasteiger partial charge on any atom is -0.327 e. The minimum absolute atomic E-state index is 0.281. The van der Waals surface area contributed by atoms with Crippen molar-refractivity contribution in [3.05, 3.63) is 48.0 Å². The third-order valence-corrected chi connectivity index (χ3v) is 5.16. The lowest BCUT2D eigenvalue weighted by atomic mass is 9.69. The molecular weight excluding hydrogens is 242 g/mol. The molecule has 0 spiro atoms. The van der Waals surface area contributed by atoms with E-state index in [2.05, 4.69) is 49.4 Å². The predicted molar refractivity (Wildman–Crippen MR) is 86.8 cm³/mol. The van der Waals surface area contributed by atoms with Crippen LogP contribution in [-0.4, -0.2) is 6.04 Å². The summed E-state index contributed by atoms with van der Waals surface area (Å²) in [6.07, 6.45) is 7.67. The molecule has 0 aromatic heterocycles. The van der Waals surface area contributed by atoms with Gasteiger partial charge in [-0.25, -0.2) is 0 Å². The van der Waals surface area contributed by atoms with Crippen LogP contribution in [0.2, 0.25) is 0 Å². The summed E-state index contributed by atoms with van der Waals surface area (Å²) in [4.78, 5) is 0. The standard InChI is InChI=1S/C19H25N/c1-19(11-5-2-6-12-19)18(20)14-15-9-10-16-7-3-4-8-17(16)13-15/h3-4,7-10,13,18H,2,5-6,11-12,14,20H2,1H3. The molecule has 1 nitrogen and oxygen atoms in total. The molecule has 1 aliphatic carbocycles. The average Bonchev–Trinajstić information content (AvgIpc) is 2.48. The molecule has 1 saturated carbocycles. The second-order valence-corrected chi connectivity index (χ2v) is 6.71. The molecule has 1 atom stereocenters. The van der Waals surface area contributed by atoms with E-state index in [1.165, 1.54) is 48.4 Å². The van der Waals surface area contributed by atoms with E-state index in [-0.39, 0.29) is 6.04 Å². The zero-order valence-corrected chi connectivity index (χ0v) is 12.4. The van der Waals surface area contributed by atoms with Gasteiger partial charge < -0.3 is 5.73 Å². The highest BCUT2D eigenvalue weighted by atomic mass is 14.7. The number of rotatable bonds is 3. The highest BCUT2D eigenvalue weighted by Gasteiger charge is 2.32. The maximum Gasteiger partial charge on any atom is 0.0133 e. The summed E-state index contributed by atoms with van der Waals surface area (Å²) in [5, 5.41) is 2.64. The second-order valence-electron chi connectivity index (χ2n) is 6.71. The molecule has 20 heavy (non-hydrogen) atoms. The fourth-order valence-corrected chi connectivity index (χ4v) is 3.60. The first-order chi connectivity index (χ1) is 9.67. The molecular formula is C19H25N. The summed E-state index contributed by atoms with van der Waals surface area (Å²) in [5.74, 6) is 0. The van der Waals surface area contributed by atoms with Crippen LogP contribution in [0, 0.1) is 5.41 Å². The number of hydrogen-bond acceptors (Lipinski definition) is 1. The number of fused-ring (bicyclic) bond motifs is 1. The summed E-state index contributed by atoms with van der Waals surface area (Å²) >= 11 is 0. The van der Waals surface area contributed by atoms with E-state index < -0.39 is 0 Å². The van der Waals surface area contributed by atoms with Gasteiger partial charge in [0.15, 0.2) is 0 Å². The van der Waals surface area contributed by atoms with Gasteiger partial charge in [0, 0.05) is 6.04 Å². The van der Waals surface area contributed by atoms with Gasteiger partial charge in [0.05, 0.1) is 0 Å². The maximum atomic E-state index is 6.56. The van der Waals surface area contributed by atoms with Gasteiger partial charge in [0.1, 0.15) is 0 Å². The van der Waals surface area contributed by atoms with Crippen LogP contribution in [0.3, 0.4) is 0 Å². The van der Waals surface area contributed by atoms with E-state index in [1.807, 2.05) is 0 Å². The molecule has 0 heterocycles. The highest BCUT2D eigenvalue weighted by Crippen LogP contribution is 2.39. The summed E-state index contributed by atoms with van der Waals surface area (Å²) in [5.41, 5.74) is 8.27. The van der Waals surface area contributed by atoms with E-state index in [9.17, 15) is 0 Å². The Kier molecular flexibility index (Phi) is 3.80. The first kappa shape index (κ1) is 13.6. The van der Waals surface area contributed by atoms with Crippen LogP contribution in [-0.2, 0) is 6.42 Å². The third-order valence-electron chi connectivity index (χ3n) is 5.16. The van der Waals surface area contributed by atoms with Gasteiger partial charge in [0.25, 0.3) is 0 Å². The van der Waals surface area contributed by atoms with Crippen LogP contribution >= 0.6 is 0 Å². The first-order valence-corrected chi connectivity index (χ1v) is 7.91. The molecule has 1 aliphatic rings. The predicted octanol–water partition coefficient (Wildman–Crippen LogP) is 4.68. The van der Waals surface area contributed by atoms with Gasteiger partial charge >= 0.3 is 0 Å². The van der Waals surface area contributed by atoms with Crippen LogP contribution in [0.4, 0.5) is 0 Å². The Morgan fingerprint density at radius 2 is 1.70 bits per heavy atom. The minimum atomic E-state index is 0.281. The quantitative estimate of drug-likeness (QED) is 0.858. The lowest BCUT2D eigenvalue weighted by molar-refractivity contribution is 0.169. The van der Waals surface area contributed by atoms with Crippen molar-refractivity contribution in [3.8, 4) is 0 Å². The molecule has 0 amide bonds. The molecule has 1 fully saturated rings. The van der Waals surface area contributed by atoms with Gasteiger partial charge in [-0.3, -0.25) is 0 Å². The van der Waals surface area contributed by atoms with E-state index >= 15 is 0 Å². The molecule has 3 rings (SSSR count). The van der Waals surface area contributed by atoms with E-state index in [0.29, 0.717) is 5.41 Å². The van der Waals surface area contributed by atoms with Crippen LogP contribution in [0.5, 0.6) is 0 Å². The highest BCUT2D eigenvalue weighted by molar-refractivity contribution is 5.82. The fraction of sp³-hybridized carbons (Fsp3) is 0.474. The van der Waals surface area contributed by atoms with Crippen molar-refractivity contribution in [2.45, 2.75) is 51.5 Å². The lowest BCUT2D eigenvalue weighted by Crippen LogP contribution is -2.42. The number of nitrogens with two attached hydrogens (primary N) is 1. The van der Waals surface area contributed by atoms with Crippen LogP contribution in [0.15, 0.2) is 42.5 Å². The summed E-state index contributed by atoms with van der Waals surface area (Å²) in [6, 6.07) is 15.6. The molecule has 2 N–H and O–H groups in total. The maximum absolute atomic E-state index is 6.56. The Morgan fingerprint density at radius 3 is 2.45 bits per heavy atom. The topological polar surface area (TPSA) is 26.0 Å². The Bertz CT molecular complexity index is 581. The molecule has 1 heteroatoms. The molecule has 1 unspecified atom stereocenters. The Labute approximate surface area is 122 Å². The summed E-state index contributed by atoms with van der Waals surface area (Å²) in [6.45, 7) is 2.39. The van der Waals surface area contributed by atoms with Crippen LogP contribution < -0.4 is 5.73 Å². The second kappa shape index (κ2) is 5.57. The largest absolute Gasteiger partial charge is 0.327 e. The molecule has 0 bridgehead atoms. The van der Waals surface area contributed by atoms with Gasteiger partial charge in [0.2, 0.25) is 0 Å². The Hall–Kier alpha value is -1.34. The molecule has 0 aliphatic heterocycles. The van der Waals surface area contributed by atoms with E-state index in [0.717, 1.165) is 6.42 Å². The monoisotopic (exact) mass is 267 g/mol. The van der Waals surface area contributed by atoms with Gasteiger partial charge in [-0.1, -0.05) is 68.7 Å². The zero-order chi connectivity index (χ0) is 14.0. The van der Waals surface area contributed by atoms with Gasteiger partial charge in [-0.15, -0.1) is 0 Å². The SMILES string of the molecule is CC1(C(N)Cc2ccc3ccccc3c2)CCCCC1. The number of benzene rings is 2. The lowest BCUT2D eigenvalue weighted by Gasteiger charge is -2.39. The van der Waals surface area contributed by atoms with Crippen molar-refractivity contribution in [2.24, 2.45) is 11.1 Å². The van der Waals surface area contributed by atoms with Crippen molar-refractivity contribution in [3.63, 3.8) is 0 Å². The van der Waals surface area contributed by atoms with Crippen LogP contribution in [0.25, 0.3) is 10.8 Å². The third kappa shape index (κ3) is 2.73. The number of hydrogen-bond donors (Lipinski definition) is 1. The van der Waals surface area contributed by atoms with Crippen molar-refractivity contribution < 1.29 is 0 Å². The molecule has 2 aromatic rings. The average molecular weight is 267 g/mol. The summed E-state index contributed by atoms with van der Waals surface area (Å²) in [7, 11) is 0. The molecule has 0 radical (unpaired) electrons. The van der Waals surface area contributed by atoms with Gasteiger partial charge in [-0.05, 0) is 41.0 Å². The first-order valence-electron chi connectivity index (χ1n) is 7.91. The Balaban J connectivity index is 1.78. The molecule has 106 valence electrons. The van der Waals surface area contributed by atoms with Crippen molar-refractivity contribution in [1.29, 1.82) is 0 Å². The van der Waals surface area contributed by atoms with Crippen molar-refractivity contribution >= 4 is 10.8 Å². The molecule has 0 saturated heterocycles. The smallest absolute Gasteiger partial charge is 0.0133 e. The Morgan fingerprint density at radius 1 is 1.00 bits per heavy atom. The summed E-state index contributed by atoms with van der Waals surface area (Å²) < 4.78 is 0. The zero-order valence-electron chi connectivity index (χ0n) is 12.4. The van der Waals surface area contributed by atoms with Crippen molar-refractivity contribution in [2.75, 3.05) is 0 Å². The fourth-order valence-electron chi connectivity index (χ4n) is 3.60. The van der Waals surface area contributed by atoms with Crippen molar-refractivity contribution in [1.82, 2.24) is 0 Å². The molecule has 2 aromatic carbocycles. The normalized spacial score (nSPS) is 19.9.